The van der Waals surface area contributed by atoms with Crippen LogP contribution in [0.3, 0.4) is 0 Å². The van der Waals surface area contributed by atoms with Gasteiger partial charge in [0.25, 0.3) is 0 Å². The minimum absolute atomic E-state index is 0.338. The summed E-state index contributed by atoms with van der Waals surface area (Å²) in [5.74, 6) is 2.48. The molecule has 5 heterocycles. The first-order valence-electron chi connectivity index (χ1n) is 13.8. The van der Waals surface area contributed by atoms with E-state index in [-0.39, 0.29) is 0 Å². The maximum absolute atomic E-state index is 9.84. The number of nitriles is 1. The van der Waals surface area contributed by atoms with E-state index in [9.17, 15) is 5.26 Å². The first-order valence-corrected chi connectivity index (χ1v) is 14.6. The number of hydrogen-bond acceptors (Lipinski definition) is 12. The average Bonchev–Trinajstić information content (AvgIpc) is 3.25. The number of piperidine rings is 1. The van der Waals surface area contributed by atoms with Crippen molar-refractivity contribution < 1.29 is 9.26 Å². The molecule has 0 spiro atoms. The summed E-state index contributed by atoms with van der Waals surface area (Å²) in [4.78, 5) is 20.1. The fourth-order valence-corrected chi connectivity index (χ4v) is 7.83. The summed E-state index contributed by atoms with van der Waals surface area (Å²) in [6, 6.07) is 5.66. The molecule has 7 rings (SSSR count). The Morgan fingerprint density at radius 1 is 1.28 bits per heavy atom. The number of ether oxygens (including phenoxy) is 1. The smallest absolute Gasteiger partial charge is 0.319 e. The molecule has 3 N–H and O–H groups in total. The van der Waals surface area contributed by atoms with Crippen LogP contribution in [0.1, 0.15) is 54.5 Å². The van der Waals surface area contributed by atoms with Crippen molar-refractivity contribution in [3.05, 3.63) is 28.0 Å². The molecule has 0 bridgehead atoms. The lowest BCUT2D eigenvalue weighted by atomic mass is 9.72. The number of anilines is 2. The highest BCUT2D eigenvalue weighted by Gasteiger charge is 2.50. The number of rotatable bonds is 6. The van der Waals surface area contributed by atoms with Gasteiger partial charge in [-0.05, 0) is 52.0 Å². The van der Waals surface area contributed by atoms with Crippen LogP contribution in [0.25, 0.3) is 11.5 Å². The van der Waals surface area contributed by atoms with Gasteiger partial charge in [0.1, 0.15) is 29.2 Å². The second kappa shape index (κ2) is 9.43. The minimum Gasteiger partial charge on any atom is -0.462 e. The number of likely N-dealkylation sites (tertiary alicyclic amines) is 1. The number of hydrogen-bond donors (Lipinski definition) is 2. The van der Waals surface area contributed by atoms with Gasteiger partial charge in [-0.15, -0.1) is 11.3 Å². The highest BCUT2D eigenvalue weighted by Crippen LogP contribution is 2.49. The molecule has 0 amide bonds. The van der Waals surface area contributed by atoms with Crippen LogP contribution in [-0.4, -0.2) is 76.9 Å². The third kappa shape index (κ3) is 4.23. The number of aromatic nitrogens is 4. The molecule has 12 heteroatoms. The largest absolute Gasteiger partial charge is 0.462 e. The molecule has 2 aliphatic carbocycles. The van der Waals surface area contributed by atoms with Crippen molar-refractivity contribution in [2.75, 3.05) is 50.5 Å². The van der Waals surface area contributed by atoms with Crippen molar-refractivity contribution >= 4 is 22.2 Å². The Kier molecular flexibility index (Phi) is 5.98. The van der Waals surface area contributed by atoms with Gasteiger partial charge >= 0.3 is 6.01 Å². The highest BCUT2D eigenvalue weighted by molar-refractivity contribution is 7.16. The molecular weight excluding hydrogens is 514 g/mol. The molecule has 11 nitrogen and oxygen atoms in total. The number of thiophene rings is 1. The van der Waals surface area contributed by atoms with Gasteiger partial charge < -0.3 is 25.2 Å². The Morgan fingerprint density at radius 2 is 2.13 bits per heavy atom. The molecule has 204 valence electrons. The third-order valence-corrected chi connectivity index (χ3v) is 10.1. The lowest BCUT2D eigenvalue weighted by Crippen LogP contribution is -2.44. The van der Waals surface area contributed by atoms with E-state index in [1.807, 2.05) is 6.07 Å². The molecule has 4 aliphatic rings. The zero-order valence-electron chi connectivity index (χ0n) is 22.3. The van der Waals surface area contributed by atoms with Crippen LogP contribution in [0.4, 0.5) is 10.8 Å². The molecule has 2 saturated heterocycles. The van der Waals surface area contributed by atoms with Crippen molar-refractivity contribution in [2.24, 2.45) is 5.92 Å². The number of nitrogens with one attached hydrogen (secondary N) is 1. The fraction of sp³-hybridized carbons (Fsp3) is 0.593. The van der Waals surface area contributed by atoms with Gasteiger partial charge in [-0.1, -0.05) is 5.16 Å². The number of likely N-dealkylation sites (N-methyl/N-ethyl adjacent to an activating group) is 1. The molecule has 2 aliphatic heterocycles. The summed E-state index contributed by atoms with van der Waals surface area (Å²) < 4.78 is 12.1. The van der Waals surface area contributed by atoms with E-state index in [4.69, 9.17) is 29.9 Å². The van der Waals surface area contributed by atoms with Crippen molar-refractivity contribution in [2.45, 2.75) is 56.5 Å². The van der Waals surface area contributed by atoms with Crippen LogP contribution in [0.5, 0.6) is 6.01 Å². The quantitative estimate of drug-likeness (QED) is 0.470. The Morgan fingerprint density at radius 3 is 2.90 bits per heavy atom. The molecule has 1 saturated carbocycles. The number of fused-ring (bicyclic) bond motifs is 2. The van der Waals surface area contributed by atoms with Gasteiger partial charge in [0.2, 0.25) is 11.7 Å². The SMILES string of the molecule is CN1[C@H](COc2nc(-c3noc([C@@]4(C)CCCc5sc(N)c(C#N)c54)n3)cc(N3CCNCC3)n2)C[C@@H]2C[C@@H]21. The zero-order valence-corrected chi connectivity index (χ0v) is 23.1. The lowest BCUT2D eigenvalue weighted by Gasteiger charge is -2.30. The van der Waals surface area contributed by atoms with Crippen molar-refractivity contribution in [3.8, 4) is 23.6 Å². The second-order valence-corrected chi connectivity index (χ2v) is 12.6. The van der Waals surface area contributed by atoms with Crippen LogP contribution >= 0.6 is 11.3 Å². The number of nitrogens with two attached hydrogens (primary N) is 1. The maximum atomic E-state index is 9.84. The van der Waals surface area contributed by atoms with Crippen molar-refractivity contribution in [1.29, 1.82) is 5.26 Å². The minimum atomic E-state index is -0.584. The van der Waals surface area contributed by atoms with Crippen molar-refractivity contribution in [3.63, 3.8) is 0 Å². The Balaban J connectivity index is 1.21. The van der Waals surface area contributed by atoms with Crippen LogP contribution in [0, 0.1) is 17.2 Å². The molecule has 39 heavy (non-hydrogen) atoms. The van der Waals surface area contributed by atoms with Gasteiger partial charge in [0.05, 0.1) is 11.0 Å². The zero-order chi connectivity index (χ0) is 26.7. The van der Waals surface area contributed by atoms with Gasteiger partial charge in [0, 0.05) is 54.8 Å². The van der Waals surface area contributed by atoms with E-state index in [1.165, 1.54) is 17.8 Å². The monoisotopic (exact) mass is 547 g/mol. The van der Waals surface area contributed by atoms with Crippen LogP contribution in [0.2, 0.25) is 0 Å². The molecule has 0 unspecified atom stereocenters. The highest BCUT2D eigenvalue weighted by atomic mass is 32.1. The fourth-order valence-electron chi connectivity index (χ4n) is 6.64. The normalized spacial score (nSPS) is 28.1. The van der Waals surface area contributed by atoms with Crippen LogP contribution in [0.15, 0.2) is 10.6 Å². The van der Waals surface area contributed by atoms with Crippen molar-refractivity contribution in [1.82, 2.24) is 30.3 Å². The molecule has 4 atom stereocenters. The predicted octanol–water partition coefficient (Wildman–Crippen LogP) is 2.57. The number of piperazine rings is 1. The van der Waals surface area contributed by atoms with Gasteiger partial charge in [-0.25, -0.2) is 0 Å². The summed E-state index contributed by atoms with van der Waals surface area (Å²) in [7, 11) is 2.19. The Labute approximate surface area is 231 Å². The summed E-state index contributed by atoms with van der Waals surface area (Å²) >= 11 is 1.49. The Bertz CT molecular complexity index is 1440. The van der Waals surface area contributed by atoms with E-state index in [0.29, 0.717) is 52.7 Å². The molecule has 0 radical (unpaired) electrons. The van der Waals surface area contributed by atoms with Gasteiger partial charge in [-0.2, -0.15) is 20.2 Å². The molecule has 0 aromatic carbocycles. The standard InChI is InChI=1S/C27H33N9O2S/c1-27(5-3-4-20-22(27)17(13-28)23(29)39-20)25-33-24(34-38-25)18-12-21(36-8-6-30-7-9-36)32-26(31-18)37-14-16-10-15-11-19(15)35(16)2/h12,15-16,19,30H,3-11,14,29H2,1-2H3/t15-,16+,19+,27+/m1/s1. The first-order chi connectivity index (χ1) is 18.9. The molecule has 3 fully saturated rings. The summed E-state index contributed by atoms with van der Waals surface area (Å²) in [5.41, 5.74) is 7.66. The van der Waals surface area contributed by atoms with Crippen LogP contribution < -0.4 is 20.7 Å². The number of nitrogen functional groups attached to an aromatic ring is 1. The first kappa shape index (κ1) is 24.7. The van der Waals surface area contributed by atoms with Crippen LogP contribution in [-0.2, 0) is 11.8 Å². The summed E-state index contributed by atoms with van der Waals surface area (Å²) in [6.07, 6.45) is 5.13. The van der Waals surface area contributed by atoms with E-state index in [1.54, 1.807) is 0 Å². The lowest BCUT2D eigenvalue weighted by molar-refractivity contribution is 0.168. The molecule has 3 aromatic rings. The van der Waals surface area contributed by atoms with E-state index < -0.39 is 5.41 Å². The Hall–Kier alpha value is -3.27. The average molecular weight is 548 g/mol. The number of nitrogens with zero attached hydrogens (tertiary/aromatic N) is 7. The van der Waals surface area contributed by atoms with E-state index in [2.05, 4.69) is 40.3 Å². The van der Waals surface area contributed by atoms with E-state index in [0.717, 1.165) is 74.0 Å². The number of aryl methyl sites for hydroxylation is 1. The van der Waals surface area contributed by atoms with Gasteiger partial charge in [-0.3, -0.25) is 4.90 Å². The predicted molar refractivity (Wildman–Crippen MR) is 147 cm³/mol. The summed E-state index contributed by atoms with van der Waals surface area (Å²) in [5, 5.41) is 18.1. The van der Waals surface area contributed by atoms with Gasteiger partial charge in [0.15, 0.2) is 0 Å². The topological polar surface area (TPSA) is 142 Å². The second-order valence-electron chi connectivity index (χ2n) is 11.4. The molecule has 3 aromatic heterocycles. The van der Waals surface area contributed by atoms with E-state index >= 15 is 0 Å². The maximum Gasteiger partial charge on any atom is 0.319 e. The molecular formula is C27H33N9O2S. The third-order valence-electron chi connectivity index (χ3n) is 8.98. The summed E-state index contributed by atoms with van der Waals surface area (Å²) in [6.45, 7) is 6.10.